The Labute approximate surface area is 105 Å². The van der Waals surface area contributed by atoms with Crippen molar-refractivity contribution in [1.82, 2.24) is 4.98 Å². The summed E-state index contributed by atoms with van der Waals surface area (Å²) in [6, 6.07) is 14.4. The Bertz CT molecular complexity index is 631. The molecule has 0 saturated carbocycles. The number of hydrogen-bond donors (Lipinski definition) is 1. The zero-order chi connectivity index (χ0) is 12.2. The van der Waals surface area contributed by atoms with Gasteiger partial charge in [0.15, 0.2) is 0 Å². The van der Waals surface area contributed by atoms with Gasteiger partial charge in [-0.3, -0.25) is 0 Å². The molecule has 0 saturated heterocycles. The molecule has 3 aromatic rings. The predicted molar refractivity (Wildman–Crippen MR) is 72.6 cm³/mol. The van der Waals surface area contributed by atoms with Gasteiger partial charge in [0, 0.05) is 18.4 Å². The first-order valence-corrected chi connectivity index (χ1v) is 6.03. The van der Waals surface area contributed by atoms with E-state index in [9.17, 15) is 0 Å². The van der Waals surface area contributed by atoms with Crippen LogP contribution < -0.4 is 5.32 Å². The molecule has 0 bridgehead atoms. The van der Waals surface area contributed by atoms with Crippen LogP contribution in [0.25, 0.3) is 11.1 Å². The molecule has 2 aromatic heterocycles. The Hall–Kier alpha value is -2.29. The fourth-order valence-electron chi connectivity index (χ4n) is 2.02. The molecule has 0 radical (unpaired) electrons. The number of nitrogens with one attached hydrogen (secondary N) is 1. The summed E-state index contributed by atoms with van der Waals surface area (Å²) >= 11 is 0. The Morgan fingerprint density at radius 1 is 1.06 bits per heavy atom. The average molecular weight is 238 g/mol. The lowest BCUT2D eigenvalue weighted by Gasteiger charge is -2.06. The van der Waals surface area contributed by atoms with Crippen molar-refractivity contribution >= 4 is 16.8 Å². The summed E-state index contributed by atoms with van der Waals surface area (Å²) in [5.74, 6) is 0. The number of anilines is 1. The van der Waals surface area contributed by atoms with E-state index in [4.69, 9.17) is 4.42 Å². The van der Waals surface area contributed by atoms with Crippen LogP contribution in [-0.4, -0.2) is 11.5 Å². The first kappa shape index (κ1) is 10.8. The van der Waals surface area contributed by atoms with Crippen LogP contribution in [0.5, 0.6) is 0 Å². The lowest BCUT2D eigenvalue weighted by molar-refractivity contribution is 0.603. The molecule has 3 nitrogen and oxygen atoms in total. The number of hydrogen-bond acceptors (Lipinski definition) is 3. The Morgan fingerprint density at radius 3 is 2.83 bits per heavy atom. The highest BCUT2D eigenvalue weighted by molar-refractivity contribution is 5.87. The minimum Gasteiger partial charge on any atom is -0.446 e. The molecule has 0 aliphatic heterocycles. The molecule has 0 aliphatic carbocycles. The van der Waals surface area contributed by atoms with Gasteiger partial charge in [0.1, 0.15) is 0 Å². The van der Waals surface area contributed by atoms with Gasteiger partial charge in [-0.05, 0) is 24.1 Å². The second-order valence-electron chi connectivity index (χ2n) is 4.16. The van der Waals surface area contributed by atoms with Crippen LogP contribution in [0, 0.1) is 0 Å². The highest BCUT2D eigenvalue weighted by Crippen LogP contribution is 2.21. The lowest BCUT2D eigenvalue weighted by Crippen LogP contribution is -2.04. The molecule has 1 N–H and O–H groups in total. The standard InChI is InChI=1S/C15H14N2O/c1-2-4-12(5-3-1)6-9-16-14-7-10-17-15-13(14)8-11-18-15/h1-5,7-8,10-11H,6,9H2,(H,16,17). The molecule has 3 heteroatoms. The van der Waals surface area contributed by atoms with E-state index < -0.39 is 0 Å². The molecule has 90 valence electrons. The predicted octanol–water partition coefficient (Wildman–Crippen LogP) is 3.48. The SMILES string of the molecule is c1ccc(CCNc2ccnc3occc23)cc1. The summed E-state index contributed by atoms with van der Waals surface area (Å²) in [5, 5.41) is 4.46. The van der Waals surface area contributed by atoms with Crippen molar-refractivity contribution in [3.05, 3.63) is 60.5 Å². The fourth-order valence-corrected chi connectivity index (χ4v) is 2.02. The van der Waals surface area contributed by atoms with Crippen molar-refractivity contribution in [1.29, 1.82) is 0 Å². The number of aromatic nitrogens is 1. The average Bonchev–Trinajstić information content (AvgIpc) is 2.89. The third kappa shape index (κ3) is 2.20. The minimum absolute atomic E-state index is 0.680. The van der Waals surface area contributed by atoms with E-state index in [1.54, 1.807) is 12.5 Å². The second kappa shape index (κ2) is 4.92. The lowest BCUT2D eigenvalue weighted by atomic mass is 10.1. The summed E-state index contributed by atoms with van der Waals surface area (Å²) < 4.78 is 5.27. The highest BCUT2D eigenvalue weighted by atomic mass is 16.3. The number of pyridine rings is 1. The molecule has 2 heterocycles. The summed E-state index contributed by atoms with van der Waals surface area (Å²) in [4.78, 5) is 4.16. The van der Waals surface area contributed by atoms with Crippen LogP contribution in [0.15, 0.2) is 59.3 Å². The van der Waals surface area contributed by atoms with E-state index in [0.717, 1.165) is 24.0 Å². The monoisotopic (exact) mass is 238 g/mol. The molecule has 0 spiro atoms. The number of furan rings is 1. The Balaban J connectivity index is 1.68. The van der Waals surface area contributed by atoms with Gasteiger partial charge in [0.2, 0.25) is 5.71 Å². The third-order valence-corrected chi connectivity index (χ3v) is 2.94. The van der Waals surface area contributed by atoms with Crippen molar-refractivity contribution in [3.8, 4) is 0 Å². The van der Waals surface area contributed by atoms with E-state index in [2.05, 4.69) is 34.6 Å². The normalized spacial score (nSPS) is 10.7. The third-order valence-electron chi connectivity index (χ3n) is 2.94. The first-order valence-electron chi connectivity index (χ1n) is 6.03. The topological polar surface area (TPSA) is 38.1 Å². The van der Waals surface area contributed by atoms with Crippen molar-refractivity contribution < 1.29 is 4.42 Å². The maximum Gasteiger partial charge on any atom is 0.227 e. The molecule has 0 unspecified atom stereocenters. The largest absolute Gasteiger partial charge is 0.446 e. The van der Waals surface area contributed by atoms with E-state index >= 15 is 0 Å². The van der Waals surface area contributed by atoms with Crippen LogP contribution in [0.3, 0.4) is 0 Å². The van der Waals surface area contributed by atoms with Crippen molar-refractivity contribution in [2.75, 3.05) is 11.9 Å². The zero-order valence-corrected chi connectivity index (χ0v) is 9.97. The Morgan fingerprint density at radius 2 is 1.94 bits per heavy atom. The number of benzene rings is 1. The van der Waals surface area contributed by atoms with Crippen LogP contribution in [0.2, 0.25) is 0 Å². The summed E-state index contributed by atoms with van der Waals surface area (Å²) in [6.07, 6.45) is 4.43. The van der Waals surface area contributed by atoms with Crippen LogP contribution in [0.4, 0.5) is 5.69 Å². The van der Waals surface area contributed by atoms with E-state index in [-0.39, 0.29) is 0 Å². The minimum atomic E-state index is 0.680. The van der Waals surface area contributed by atoms with Crippen LogP contribution in [0.1, 0.15) is 5.56 Å². The maximum absolute atomic E-state index is 5.27. The maximum atomic E-state index is 5.27. The molecule has 0 atom stereocenters. The smallest absolute Gasteiger partial charge is 0.227 e. The van der Waals surface area contributed by atoms with Gasteiger partial charge < -0.3 is 9.73 Å². The van der Waals surface area contributed by atoms with Gasteiger partial charge in [-0.25, -0.2) is 4.98 Å². The molecular formula is C15H14N2O. The summed E-state index contributed by atoms with van der Waals surface area (Å²) in [6.45, 7) is 0.897. The quantitative estimate of drug-likeness (QED) is 0.756. The van der Waals surface area contributed by atoms with Gasteiger partial charge in [0.25, 0.3) is 0 Å². The van der Waals surface area contributed by atoms with Gasteiger partial charge in [-0.2, -0.15) is 0 Å². The van der Waals surface area contributed by atoms with Gasteiger partial charge in [-0.15, -0.1) is 0 Å². The molecular weight excluding hydrogens is 224 g/mol. The molecule has 3 rings (SSSR count). The molecule has 0 amide bonds. The number of fused-ring (bicyclic) bond motifs is 1. The molecule has 1 aromatic carbocycles. The van der Waals surface area contributed by atoms with E-state index in [1.165, 1.54) is 5.56 Å². The summed E-state index contributed by atoms with van der Waals surface area (Å²) in [7, 11) is 0. The second-order valence-corrected chi connectivity index (χ2v) is 4.16. The van der Waals surface area contributed by atoms with Gasteiger partial charge in [0.05, 0.1) is 11.6 Å². The van der Waals surface area contributed by atoms with Crippen molar-refractivity contribution in [3.63, 3.8) is 0 Å². The van der Waals surface area contributed by atoms with Crippen molar-refractivity contribution in [2.24, 2.45) is 0 Å². The first-order chi connectivity index (χ1) is 8.93. The van der Waals surface area contributed by atoms with Crippen LogP contribution in [-0.2, 0) is 6.42 Å². The van der Waals surface area contributed by atoms with E-state index in [1.807, 2.05) is 18.2 Å². The van der Waals surface area contributed by atoms with Crippen molar-refractivity contribution in [2.45, 2.75) is 6.42 Å². The summed E-state index contributed by atoms with van der Waals surface area (Å²) in [5.41, 5.74) is 3.09. The number of nitrogens with zero attached hydrogens (tertiary/aromatic N) is 1. The highest BCUT2D eigenvalue weighted by Gasteiger charge is 2.03. The number of rotatable bonds is 4. The molecule has 0 aliphatic rings. The zero-order valence-electron chi connectivity index (χ0n) is 9.97. The van der Waals surface area contributed by atoms with E-state index in [0.29, 0.717) is 5.71 Å². The molecule has 0 fully saturated rings. The van der Waals surface area contributed by atoms with Crippen LogP contribution >= 0.6 is 0 Å². The van der Waals surface area contributed by atoms with Gasteiger partial charge in [-0.1, -0.05) is 30.3 Å². The fraction of sp³-hybridized carbons (Fsp3) is 0.133. The molecule has 18 heavy (non-hydrogen) atoms. The Kier molecular flexibility index (Phi) is 2.96. The van der Waals surface area contributed by atoms with Gasteiger partial charge >= 0.3 is 0 Å².